The first-order valence-electron chi connectivity index (χ1n) is 8.13. The van der Waals surface area contributed by atoms with Gasteiger partial charge in [-0.3, -0.25) is 4.79 Å². The molecule has 0 spiro atoms. The van der Waals surface area contributed by atoms with Crippen molar-refractivity contribution in [1.29, 1.82) is 0 Å². The lowest BCUT2D eigenvalue weighted by molar-refractivity contribution is -0.113. The predicted molar refractivity (Wildman–Crippen MR) is 95.3 cm³/mol. The molecule has 134 valence electrons. The lowest BCUT2D eigenvalue weighted by atomic mass is 9.95. The largest absolute Gasteiger partial charge is 0.462 e. The third-order valence-corrected chi connectivity index (χ3v) is 5.76. The maximum Gasteiger partial charge on any atom is 0.341 e. The minimum absolute atomic E-state index is 0.131. The van der Waals surface area contributed by atoms with Crippen molar-refractivity contribution >= 4 is 40.0 Å². The molecule has 2 aromatic rings. The van der Waals surface area contributed by atoms with Gasteiger partial charge in [0.05, 0.1) is 17.9 Å². The number of nitrogens with one attached hydrogen (secondary N) is 1. The molecular formula is C16H19N3O4S2. The van der Waals surface area contributed by atoms with Crippen molar-refractivity contribution in [1.82, 2.24) is 10.2 Å². The quantitative estimate of drug-likeness (QED) is 0.606. The Labute approximate surface area is 153 Å². The molecule has 0 bridgehead atoms. The molecule has 2 heterocycles. The van der Waals surface area contributed by atoms with Crippen LogP contribution in [0.15, 0.2) is 9.64 Å². The molecule has 7 nitrogen and oxygen atoms in total. The molecule has 0 saturated heterocycles. The van der Waals surface area contributed by atoms with E-state index in [2.05, 4.69) is 15.5 Å². The van der Waals surface area contributed by atoms with E-state index >= 15 is 0 Å². The number of hydrogen-bond donors (Lipinski definition) is 1. The Hall–Kier alpha value is -1.87. The first kappa shape index (κ1) is 17.9. The van der Waals surface area contributed by atoms with Crippen LogP contribution in [0.3, 0.4) is 0 Å². The van der Waals surface area contributed by atoms with Crippen molar-refractivity contribution in [3.05, 3.63) is 21.9 Å². The average Bonchev–Trinajstić information content (AvgIpc) is 3.16. The highest BCUT2D eigenvalue weighted by Gasteiger charge is 2.27. The molecule has 0 radical (unpaired) electrons. The van der Waals surface area contributed by atoms with Crippen molar-refractivity contribution < 1.29 is 18.7 Å². The Kier molecular flexibility index (Phi) is 5.74. The normalized spacial score (nSPS) is 13.4. The molecule has 1 N–H and O–H groups in total. The fourth-order valence-electron chi connectivity index (χ4n) is 2.70. The number of fused-ring (bicyclic) bond motifs is 1. The lowest BCUT2D eigenvalue weighted by Crippen LogP contribution is -2.17. The number of aryl methyl sites for hydroxylation is 2. The summed E-state index contributed by atoms with van der Waals surface area (Å²) in [5.74, 6) is 0.00717. The van der Waals surface area contributed by atoms with Crippen molar-refractivity contribution in [2.75, 3.05) is 17.7 Å². The van der Waals surface area contributed by atoms with E-state index in [1.165, 1.54) is 16.2 Å². The van der Waals surface area contributed by atoms with E-state index in [-0.39, 0.29) is 17.6 Å². The van der Waals surface area contributed by atoms with Gasteiger partial charge in [0.2, 0.25) is 11.8 Å². The SMILES string of the molecule is CCOC(=O)c1c(NC(=O)CSc2nnc(C)o2)sc2c1CCCC2. The molecule has 1 aliphatic rings. The van der Waals surface area contributed by atoms with Crippen LogP contribution in [0.5, 0.6) is 0 Å². The minimum Gasteiger partial charge on any atom is -0.462 e. The summed E-state index contributed by atoms with van der Waals surface area (Å²) in [7, 11) is 0. The Morgan fingerprint density at radius 2 is 2.12 bits per heavy atom. The first-order chi connectivity index (χ1) is 12.1. The van der Waals surface area contributed by atoms with Crippen LogP contribution in [0, 0.1) is 6.92 Å². The average molecular weight is 381 g/mol. The van der Waals surface area contributed by atoms with Crippen LogP contribution < -0.4 is 5.32 Å². The zero-order valence-corrected chi connectivity index (χ0v) is 15.7. The Morgan fingerprint density at radius 1 is 1.32 bits per heavy atom. The van der Waals surface area contributed by atoms with Crippen LogP contribution in [-0.4, -0.2) is 34.4 Å². The number of thiophene rings is 1. The molecule has 0 fully saturated rings. The van der Waals surface area contributed by atoms with Gasteiger partial charge in [-0.25, -0.2) is 4.79 Å². The van der Waals surface area contributed by atoms with Gasteiger partial charge in [0, 0.05) is 11.8 Å². The smallest absolute Gasteiger partial charge is 0.341 e. The van der Waals surface area contributed by atoms with Gasteiger partial charge in [0.15, 0.2) is 0 Å². The molecule has 1 aliphatic carbocycles. The van der Waals surface area contributed by atoms with E-state index in [9.17, 15) is 9.59 Å². The number of nitrogens with zero attached hydrogens (tertiary/aromatic N) is 2. The summed E-state index contributed by atoms with van der Waals surface area (Å²) in [5.41, 5.74) is 1.55. The Balaban J connectivity index is 1.73. The van der Waals surface area contributed by atoms with Crippen LogP contribution in [0.1, 0.15) is 46.5 Å². The van der Waals surface area contributed by atoms with Gasteiger partial charge in [-0.2, -0.15) is 0 Å². The second-order valence-electron chi connectivity index (χ2n) is 5.56. The Bertz CT molecular complexity index is 784. The number of amides is 1. The van der Waals surface area contributed by atoms with E-state index in [1.54, 1.807) is 13.8 Å². The number of carbonyl (C=O) groups excluding carboxylic acids is 2. The fraction of sp³-hybridized carbons (Fsp3) is 0.500. The van der Waals surface area contributed by atoms with Crippen molar-refractivity contribution in [3.8, 4) is 0 Å². The van der Waals surface area contributed by atoms with Gasteiger partial charge < -0.3 is 14.5 Å². The van der Waals surface area contributed by atoms with Crippen LogP contribution in [0.25, 0.3) is 0 Å². The maximum absolute atomic E-state index is 12.4. The predicted octanol–water partition coefficient (Wildman–Crippen LogP) is 3.23. The molecule has 2 aromatic heterocycles. The number of aromatic nitrogens is 2. The summed E-state index contributed by atoms with van der Waals surface area (Å²) in [5, 5.41) is 11.3. The minimum atomic E-state index is -0.364. The van der Waals surface area contributed by atoms with Crippen molar-refractivity contribution in [2.45, 2.75) is 44.8 Å². The fourth-order valence-corrected chi connectivity index (χ4v) is 4.60. The van der Waals surface area contributed by atoms with E-state index in [0.29, 0.717) is 28.3 Å². The number of esters is 1. The van der Waals surface area contributed by atoms with E-state index in [0.717, 1.165) is 43.0 Å². The summed E-state index contributed by atoms with van der Waals surface area (Å²) < 4.78 is 10.4. The van der Waals surface area contributed by atoms with E-state index < -0.39 is 0 Å². The van der Waals surface area contributed by atoms with Crippen molar-refractivity contribution in [3.63, 3.8) is 0 Å². The Morgan fingerprint density at radius 3 is 2.84 bits per heavy atom. The summed E-state index contributed by atoms with van der Waals surface area (Å²) in [6.07, 6.45) is 3.95. The molecule has 0 atom stereocenters. The standard InChI is InChI=1S/C16H19N3O4S2/c1-3-22-15(21)13-10-6-4-5-7-11(10)25-14(13)17-12(20)8-24-16-19-18-9(2)23-16/h3-8H2,1-2H3,(H,17,20). The summed E-state index contributed by atoms with van der Waals surface area (Å²) in [6.45, 7) is 3.78. The first-order valence-corrected chi connectivity index (χ1v) is 9.93. The molecule has 3 rings (SSSR count). The second kappa shape index (κ2) is 8.01. The highest BCUT2D eigenvalue weighted by Crippen LogP contribution is 2.38. The number of thioether (sulfide) groups is 1. The topological polar surface area (TPSA) is 94.3 Å². The monoisotopic (exact) mass is 381 g/mol. The van der Waals surface area contributed by atoms with Crippen LogP contribution in [-0.2, 0) is 22.4 Å². The lowest BCUT2D eigenvalue weighted by Gasteiger charge is -2.12. The van der Waals surface area contributed by atoms with Crippen molar-refractivity contribution in [2.24, 2.45) is 0 Å². The van der Waals surface area contributed by atoms with Crippen LogP contribution in [0.2, 0.25) is 0 Å². The summed E-state index contributed by atoms with van der Waals surface area (Å²) >= 11 is 2.64. The third kappa shape index (κ3) is 4.21. The molecule has 1 amide bonds. The van der Waals surface area contributed by atoms with Gasteiger partial charge in [-0.15, -0.1) is 21.5 Å². The number of rotatable bonds is 6. The van der Waals surface area contributed by atoms with Crippen LogP contribution in [0.4, 0.5) is 5.00 Å². The highest BCUT2D eigenvalue weighted by molar-refractivity contribution is 7.99. The maximum atomic E-state index is 12.4. The van der Waals surface area contributed by atoms with Gasteiger partial charge in [-0.05, 0) is 38.2 Å². The number of hydrogen-bond acceptors (Lipinski definition) is 8. The van der Waals surface area contributed by atoms with Gasteiger partial charge in [-0.1, -0.05) is 11.8 Å². The molecular weight excluding hydrogens is 362 g/mol. The third-order valence-electron chi connectivity index (χ3n) is 3.74. The molecule has 0 aromatic carbocycles. The van der Waals surface area contributed by atoms with Gasteiger partial charge in [0.1, 0.15) is 5.00 Å². The van der Waals surface area contributed by atoms with Gasteiger partial charge >= 0.3 is 5.97 Å². The molecule has 0 saturated carbocycles. The number of ether oxygens (including phenoxy) is 1. The van der Waals surface area contributed by atoms with E-state index in [4.69, 9.17) is 9.15 Å². The number of anilines is 1. The molecule has 0 aliphatic heterocycles. The molecule has 0 unspecified atom stereocenters. The zero-order valence-electron chi connectivity index (χ0n) is 14.1. The summed E-state index contributed by atoms with van der Waals surface area (Å²) in [6, 6.07) is 0. The van der Waals surface area contributed by atoms with Gasteiger partial charge in [0.25, 0.3) is 5.22 Å². The molecule has 25 heavy (non-hydrogen) atoms. The summed E-state index contributed by atoms with van der Waals surface area (Å²) in [4.78, 5) is 25.8. The zero-order chi connectivity index (χ0) is 17.8. The molecule has 9 heteroatoms. The van der Waals surface area contributed by atoms with Crippen LogP contribution >= 0.6 is 23.1 Å². The number of carbonyl (C=O) groups is 2. The van der Waals surface area contributed by atoms with E-state index in [1.807, 2.05) is 0 Å². The highest BCUT2D eigenvalue weighted by atomic mass is 32.2. The second-order valence-corrected chi connectivity index (χ2v) is 7.59.